The van der Waals surface area contributed by atoms with Gasteiger partial charge in [-0.2, -0.15) is 10.4 Å². The first kappa shape index (κ1) is 22.6. The quantitative estimate of drug-likeness (QED) is 0.493. The Hall–Kier alpha value is -3.12. The number of benzene rings is 1. The molecule has 5 rings (SSSR count). The number of hydrogen-bond donors (Lipinski definition) is 1. The number of fused-ring (bicyclic) bond motifs is 1. The van der Waals surface area contributed by atoms with Gasteiger partial charge >= 0.3 is 0 Å². The van der Waals surface area contributed by atoms with Crippen molar-refractivity contribution in [3.8, 4) is 34.5 Å². The van der Waals surface area contributed by atoms with E-state index in [4.69, 9.17) is 9.72 Å². The molecule has 0 spiro atoms. The Bertz CT molecular complexity index is 1220. The Balaban J connectivity index is 0.00000136. The van der Waals surface area contributed by atoms with E-state index in [1.165, 1.54) is 0 Å². The molecule has 8 nitrogen and oxygen atoms in total. The number of methoxy groups -OCH3 is 1. The van der Waals surface area contributed by atoms with Crippen LogP contribution in [0.25, 0.3) is 28.3 Å². The SMILES string of the molecule is COc1ccc(-c2cc3nccn3c(-c3cnn(C4(CC#N)CNC4)c3)n2)cc1.Cl.Cl. The Morgan fingerprint density at radius 3 is 2.61 bits per heavy atom. The highest BCUT2D eigenvalue weighted by Gasteiger charge is 2.39. The smallest absolute Gasteiger partial charge is 0.149 e. The summed E-state index contributed by atoms with van der Waals surface area (Å²) >= 11 is 0. The van der Waals surface area contributed by atoms with Crippen molar-refractivity contribution in [3.05, 3.63) is 55.1 Å². The minimum atomic E-state index is -0.283. The number of nitrogens with one attached hydrogen (secondary N) is 1. The molecule has 1 aliphatic heterocycles. The van der Waals surface area contributed by atoms with Crippen molar-refractivity contribution >= 4 is 30.5 Å². The fourth-order valence-corrected chi connectivity index (χ4v) is 3.66. The Morgan fingerprint density at radius 1 is 1.19 bits per heavy atom. The van der Waals surface area contributed by atoms with E-state index in [1.54, 1.807) is 19.5 Å². The number of nitriles is 1. The molecule has 0 bridgehead atoms. The molecule has 3 aromatic heterocycles. The molecular weight excluding hydrogens is 437 g/mol. The Labute approximate surface area is 191 Å². The summed E-state index contributed by atoms with van der Waals surface area (Å²) in [6.07, 6.45) is 7.84. The van der Waals surface area contributed by atoms with Gasteiger partial charge in [-0.3, -0.25) is 9.08 Å². The summed E-state index contributed by atoms with van der Waals surface area (Å²) in [4.78, 5) is 9.36. The number of ether oxygens (including phenoxy) is 1. The summed E-state index contributed by atoms with van der Waals surface area (Å²) in [6, 6.07) is 12.0. The maximum atomic E-state index is 9.21. The van der Waals surface area contributed by atoms with E-state index in [-0.39, 0.29) is 30.4 Å². The van der Waals surface area contributed by atoms with Crippen molar-refractivity contribution in [2.45, 2.75) is 12.0 Å². The van der Waals surface area contributed by atoms with Crippen LogP contribution in [0.2, 0.25) is 0 Å². The average molecular weight is 458 g/mol. The number of hydrogen-bond acceptors (Lipinski definition) is 6. The molecule has 0 amide bonds. The molecule has 160 valence electrons. The van der Waals surface area contributed by atoms with Crippen LogP contribution >= 0.6 is 24.8 Å². The number of halogens is 2. The van der Waals surface area contributed by atoms with Gasteiger partial charge in [0, 0.05) is 43.3 Å². The van der Waals surface area contributed by atoms with E-state index in [2.05, 4.69) is 21.5 Å². The normalized spacial score (nSPS) is 14.1. The maximum absolute atomic E-state index is 9.21. The second-order valence-corrected chi connectivity index (χ2v) is 7.19. The molecule has 4 aromatic rings. The lowest BCUT2D eigenvalue weighted by molar-refractivity contribution is 0.160. The van der Waals surface area contributed by atoms with E-state index < -0.39 is 0 Å². The molecule has 1 fully saturated rings. The van der Waals surface area contributed by atoms with Crippen LogP contribution in [-0.2, 0) is 5.54 Å². The van der Waals surface area contributed by atoms with Crippen molar-refractivity contribution in [2.75, 3.05) is 20.2 Å². The summed E-state index contributed by atoms with van der Waals surface area (Å²) < 4.78 is 9.09. The predicted octanol–water partition coefficient (Wildman–Crippen LogP) is 3.32. The van der Waals surface area contributed by atoms with Crippen LogP contribution < -0.4 is 10.1 Å². The van der Waals surface area contributed by atoms with Crippen molar-refractivity contribution in [2.24, 2.45) is 0 Å². The second kappa shape index (κ2) is 8.94. The van der Waals surface area contributed by atoms with Crippen LogP contribution in [-0.4, -0.2) is 44.3 Å². The van der Waals surface area contributed by atoms with Crippen LogP contribution in [0.4, 0.5) is 0 Å². The second-order valence-electron chi connectivity index (χ2n) is 7.19. The summed E-state index contributed by atoms with van der Waals surface area (Å²) in [5.74, 6) is 1.56. The number of imidazole rings is 1. The van der Waals surface area contributed by atoms with Crippen molar-refractivity contribution in [1.82, 2.24) is 29.5 Å². The molecule has 1 aliphatic rings. The molecule has 4 heterocycles. The third-order valence-electron chi connectivity index (χ3n) is 5.42. The van der Waals surface area contributed by atoms with Crippen LogP contribution in [0.1, 0.15) is 6.42 Å². The molecule has 0 aliphatic carbocycles. The standard InChI is InChI=1S/C21H19N7O.2ClH/c1-29-17-4-2-15(3-5-17)18-10-19-24-8-9-27(19)20(26-18)16-11-25-28(12-16)21(6-7-22)13-23-14-21;;/h2-5,8-12,23H,6,13-14H2,1H3;2*1H. The van der Waals surface area contributed by atoms with E-state index in [0.29, 0.717) is 6.42 Å². The first-order chi connectivity index (χ1) is 14.2. The highest BCUT2D eigenvalue weighted by molar-refractivity contribution is 5.85. The van der Waals surface area contributed by atoms with Crippen LogP contribution in [0.5, 0.6) is 5.75 Å². The first-order valence-corrected chi connectivity index (χ1v) is 9.34. The summed E-state index contributed by atoms with van der Waals surface area (Å²) in [6.45, 7) is 1.48. The predicted molar refractivity (Wildman–Crippen MR) is 122 cm³/mol. The topological polar surface area (TPSA) is 93.1 Å². The largest absolute Gasteiger partial charge is 0.497 e. The van der Waals surface area contributed by atoms with Gasteiger partial charge in [0.1, 0.15) is 22.8 Å². The molecule has 1 aromatic carbocycles. The third kappa shape index (κ3) is 3.83. The van der Waals surface area contributed by atoms with Gasteiger partial charge in [-0.1, -0.05) is 0 Å². The molecule has 0 unspecified atom stereocenters. The van der Waals surface area contributed by atoms with Crippen molar-refractivity contribution < 1.29 is 4.74 Å². The van der Waals surface area contributed by atoms with Gasteiger partial charge in [0.15, 0.2) is 0 Å². The van der Waals surface area contributed by atoms with Gasteiger partial charge in [-0.25, -0.2) is 9.97 Å². The lowest BCUT2D eigenvalue weighted by Gasteiger charge is -2.41. The Kier molecular flexibility index (Phi) is 6.51. The van der Waals surface area contributed by atoms with E-state index >= 15 is 0 Å². The molecular formula is C21H21Cl2N7O. The molecule has 0 atom stereocenters. The number of aromatic nitrogens is 5. The van der Waals surface area contributed by atoms with Gasteiger partial charge in [0.2, 0.25) is 0 Å². The maximum Gasteiger partial charge on any atom is 0.149 e. The number of rotatable bonds is 5. The summed E-state index contributed by atoms with van der Waals surface area (Å²) in [7, 11) is 1.65. The van der Waals surface area contributed by atoms with Gasteiger partial charge in [0.25, 0.3) is 0 Å². The lowest BCUT2D eigenvalue weighted by atomic mass is 9.89. The monoisotopic (exact) mass is 457 g/mol. The molecule has 0 saturated carbocycles. The fraction of sp³-hybridized carbons (Fsp3) is 0.238. The summed E-state index contributed by atoms with van der Waals surface area (Å²) in [5, 5.41) is 17.0. The van der Waals surface area contributed by atoms with Crippen LogP contribution in [0, 0.1) is 11.3 Å². The Morgan fingerprint density at radius 2 is 1.97 bits per heavy atom. The molecule has 0 radical (unpaired) electrons. The lowest BCUT2D eigenvalue weighted by Crippen LogP contribution is -2.60. The third-order valence-corrected chi connectivity index (χ3v) is 5.42. The minimum absolute atomic E-state index is 0. The molecule has 10 heteroatoms. The van der Waals surface area contributed by atoms with Gasteiger partial charge < -0.3 is 10.1 Å². The summed E-state index contributed by atoms with van der Waals surface area (Å²) in [5.41, 5.74) is 3.22. The average Bonchev–Trinajstić information content (AvgIpc) is 3.40. The molecule has 1 N–H and O–H groups in total. The van der Waals surface area contributed by atoms with E-state index in [0.717, 1.165) is 47.1 Å². The zero-order valence-corrected chi connectivity index (χ0v) is 18.4. The minimum Gasteiger partial charge on any atom is -0.497 e. The van der Waals surface area contributed by atoms with Gasteiger partial charge in [-0.05, 0) is 24.3 Å². The first-order valence-electron chi connectivity index (χ1n) is 9.34. The molecule has 31 heavy (non-hydrogen) atoms. The van der Waals surface area contributed by atoms with Crippen LogP contribution in [0.15, 0.2) is 55.1 Å². The van der Waals surface area contributed by atoms with E-state index in [9.17, 15) is 5.26 Å². The van der Waals surface area contributed by atoms with E-state index in [1.807, 2.05) is 51.8 Å². The van der Waals surface area contributed by atoms with Gasteiger partial charge in [-0.15, -0.1) is 24.8 Å². The zero-order valence-electron chi connectivity index (χ0n) is 16.7. The highest BCUT2D eigenvalue weighted by atomic mass is 35.5. The number of nitrogens with zero attached hydrogens (tertiary/aromatic N) is 6. The van der Waals surface area contributed by atoms with Crippen LogP contribution in [0.3, 0.4) is 0 Å². The van der Waals surface area contributed by atoms with Crippen molar-refractivity contribution in [1.29, 1.82) is 5.26 Å². The zero-order chi connectivity index (χ0) is 19.8. The fourth-order valence-electron chi connectivity index (χ4n) is 3.66. The molecule has 1 saturated heterocycles. The van der Waals surface area contributed by atoms with Gasteiger partial charge in [0.05, 0.1) is 37.1 Å². The highest BCUT2D eigenvalue weighted by Crippen LogP contribution is 2.29. The van der Waals surface area contributed by atoms with Crippen molar-refractivity contribution in [3.63, 3.8) is 0 Å².